The summed E-state index contributed by atoms with van der Waals surface area (Å²) in [5, 5.41) is 4.03. The van der Waals surface area contributed by atoms with Crippen LogP contribution in [0.3, 0.4) is 0 Å². The van der Waals surface area contributed by atoms with Crippen molar-refractivity contribution in [3.8, 4) is 10.4 Å². The number of carbonyl (C=O) groups is 1. The summed E-state index contributed by atoms with van der Waals surface area (Å²) in [6, 6.07) is 19.3. The third-order valence-corrected chi connectivity index (χ3v) is 7.25. The Balaban J connectivity index is 1.52. The van der Waals surface area contributed by atoms with Gasteiger partial charge in [0.15, 0.2) is 5.16 Å². The molecule has 1 amide bonds. The number of carbonyl (C=O) groups excluding carboxylic acids is 1. The van der Waals surface area contributed by atoms with Gasteiger partial charge in [0.05, 0.1) is 11.3 Å². The van der Waals surface area contributed by atoms with Crippen molar-refractivity contribution in [1.82, 2.24) is 14.9 Å². The van der Waals surface area contributed by atoms with E-state index in [1.807, 2.05) is 61.5 Å². The fourth-order valence-corrected chi connectivity index (χ4v) is 5.29. The molecule has 0 aliphatic carbocycles. The van der Waals surface area contributed by atoms with Crippen LogP contribution in [0.2, 0.25) is 5.02 Å². The maximum atomic E-state index is 13.0. The summed E-state index contributed by atoms with van der Waals surface area (Å²) in [5.41, 5.74) is 2.51. The number of hydrogen-bond acceptors (Lipinski definition) is 5. The van der Waals surface area contributed by atoms with Gasteiger partial charge in [0.1, 0.15) is 4.70 Å². The van der Waals surface area contributed by atoms with E-state index in [4.69, 9.17) is 16.6 Å². The summed E-state index contributed by atoms with van der Waals surface area (Å²) in [6.45, 7) is 2.75. The molecule has 2 heterocycles. The van der Waals surface area contributed by atoms with Crippen LogP contribution in [0.25, 0.3) is 20.7 Å². The molecule has 0 fully saturated rings. The number of nitrogens with zero attached hydrogens (tertiary/aromatic N) is 2. The maximum absolute atomic E-state index is 13.0. The SMILES string of the molecule is CCn1c(SCC(=O)NCc2ccccc2Cl)nc2cc(-c3ccccc3)sc2c1=O. The molecule has 0 saturated heterocycles. The van der Waals surface area contributed by atoms with E-state index >= 15 is 0 Å². The van der Waals surface area contributed by atoms with E-state index in [1.165, 1.54) is 23.1 Å². The van der Waals surface area contributed by atoms with E-state index in [2.05, 4.69) is 5.32 Å². The van der Waals surface area contributed by atoms with E-state index in [0.29, 0.717) is 33.5 Å². The molecule has 0 unspecified atom stereocenters. The first-order valence-corrected chi connectivity index (χ1v) is 12.0. The van der Waals surface area contributed by atoms with Crippen molar-refractivity contribution in [2.24, 2.45) is 0 Å². The van der Waals surface area contributed by atoms with E-state index < -0.39 is 0 Å². The van der Waals surface area contributed by atoms with Gasteiger partial charge in [0, 0.05) is 23.0 Å². The molecule has 0 radical (unpaired) electrons. The highest BCUT2D eigenvalue weighted by Gasteiger charge is 2.16. The highest BCUT2D eigenvalue weighted by Crippen LogP contribution is 2.31. The molecule has 1 N–H and O–H groups in total. The Kier molecular flexibility index (Phi) is 6.75. The molecule has 4 aromatic rings. The Hall–Kier alpha value is -2.61. The van der Waals surface area contributed by atoms with E-state index in [1.54, 1.807) is 10.6 Å². The van der Waals surface area contributed by atoms with Crippen LogP contribution in [-0.4, -0.2) is 21.2 Å². The highest BCUT2D eigenvalue weighted by atomic mass is 35.5. The molecule has 2 aromatic heterocycles. The van der Waals surface area contributed by atoms with Crippen LogP contribution in [-0.2, 0) is 17.9 Å². The van der Waals surface area contributed by atoms with Crippen molar-refractivity contribution < 1.29 is 4.79 Å². The number of thioether (sulfide) groups is 1. The zero-order valence-electron chi connectivity index (χ0n) is 16.8. The number of halogens is 1. The minimum absolute atomic E-state index is 0.0707. The second-order valence-electron chi connectivity index (χ2n) is 6.79. The van der Waals surface area contributed by atoms with Crippen molar-refractivity contribution in [3.63, 3.8) is 0 Å². The number of hydrogen-bond donors (Lipinski definition) is 1. The van der Waals surface area contributed by atoms with Gasteiger partial charge in [-0.25, -0.2) is 4.98 Å². The third kappa shape index (κ3) is 4.84. The van der Waals surface area contributed by atoms with Crippen molar-refractivity contribution >= 4 is 50.8 Å². The number of thiophene rings is 1. The first kappa shape index (κ1) is 21.6. The van der Waals surface area contributed by atoms with E-state index in [-0.39, 0.29) is 17.2 Å². The van der Waals surface area contributed by atoms with Gasteiger partial charge in [0.25, 0.3) is 5.56 Å². The molecule has 158 valence electrons. The normalized spacial score (nSPS) is 11.0. The summed E-state index contributed by atoms with van der Waals surface area (Å²) in [6.07, 6.45) is 0. The molecular formula is C23H20ClN3O2S2. The summed E-state index contributed by atoms with van der Waals surface area (Å²) >= 11 is 8.85. The molecule has 0 bridgehead atoms. The van der Waals surface area contributed by atoms with Gasteiger partial charge < -0.3 is 5.32 Å². The van der Waals surface area contributed by atoms with E-state index in [0.717, 1.165) is 16.0 Å². The minimum Gasteiger partial charge on any atom is -0.351 e. The smallest absolute Gasteiger partial charge is 0.272 e. The van der Waals surface area contributed by atoms with Crippen LogP contribution in [0.15, 0.2) is 70.6 Å². The fourth-order valence-electron chi connectivity index (χ4n) is 3.14. The van der Waals surface area contributed by atoms with Crippen LogP contribution < -0.4 is 10.9 Å². The second-order valence-corrected chi connectivity index (χ2v) is 9.19. The van der Waals surface area contributed by atoms with Crippen molar-refractivity contribution in [2.45, 2.75) is 25.2 Å². The number of rotatable bonds is 7. The summed E-state index contributed by atoms with van der Waals surface area (Å²) in [5.74, 6) is 0.0233. The molecule has 5 nitrogen and oxygen atoms in total. The molecule has 31 heavy (non-hydrogen) atoms. The van der Waals surface area contributed by atoms with Crippen LogP contribution in [0.5, 0.6) is 0 Å². The first-order chi connectivity index (χ1) is 15.1. The average molecular weight is 470 g/mol. The monoisotopic (exact) mass is 469 g/mol. The van der Waals surface area contributed by atoms with Crippen molar-refractivity contribution in [2.75, 3.05) is 5.75 Å². The van der Waals surface area contributed by atoms with Gasteiger partial charge in [-0.3, -0.25) is 14.2 Å². The van der Waals surface area contributed by atoms with Gasteiger partial charge in [0.2, 0.25) is 5.91 Å². The molecule has 0 atom stereocenters. The summed E-state index contributed by atoms with van der Waals surface area (Å²) in [7, 11) is 0. The predicted octanol–water partition coefficient (Wildman–Crippen LogP) is 5.21. The molecule has 0 saturated carbocycles. The maximum Gasteiger partial charge on any atom is 0.272 e. The highest BCUT2D eigenvalue weighted by molar-refractivity contribution is 7.99. The standard InChI is InChI=1S/C23H20ClN3O2S2/c1-2-27-22(29)21-18(12-19(31-21)15-8-4-3-5-9-15)26-23(27)30-14-20(28)25-13-16-10-6-7-11-17(16)24/h3-12H,2,13-14H2,1H3,(H,25,28). The number of aromatic nitrogens is 2. The first-order valence-electron chi connectivity index (χ1n) is 9.79. The average Bonchev–Trinajstić information content (AvgIpc) is 3.22. The lowest BCUT2D eigenvalue weighted by molar-refractivity contribution is -0.118. The lowest BCUT2D eigenvalue weighted by Crippen LogP contribution is -2.26. The molecule has 0 aliphatic rings. The van der Waals surface area contributed by atoms with Crippen LogP contribution in [0.4, 0.5) is 0 Å². The number of nitrogens with one attached hydrogen (secondary N) is 1. The van der Waals surface area contributed by atoms with Gasteiger partial charge >= 0.3 is 0 Å². The summed E-state index contributed by atoms with van der Waals surface area (Å²) < 4.78 is 2.26. The lowest BCUT2D eigenvalue weighted by Gasteiger charge is -2.10. The van der Waals surface area contributed by atoms with Crippen LogP contribution in [0, 0.1) is 0 Å². The molecule has 8 heteroatoms. The predicted molar refractivity (Wildman–Crippen MR) is 129 cm³/mol. The molecule has 2 aromatic carbocycles. The molecule has 4 rings (SSSR count). The van der Waals surface area contributed by atoms with Gasteiger partial charge in [-0.1, -0.05) is 71.9 Å². The van der Waals surface area contributed by atoms with Crippen molar-refractivity contribution in [1.29, 1.82) is 0 Å². The molecule has 0 aliphatic heterocycles. The Morgan fingerprint density at radius 3 is 2.65 bits per heavy atom. The molecule has 0 spiro atoms. The minimum atomic E-state index is -0.141. The molecular weight excluding hydrogens is 450 g/mol. The topological polar surface area (TPSA) is 64.0 Å². The van der Waals surface area contributed by atoms with Gasteiger partial charge in [-0.15, -0.1) is 11.3 Å². The van der Waals surface area contributed by atoms with Gasteiger partial charge in [-0.05, 0) is 30.2 Å². The number of amides is 1. The summed E-state index contributed by atoms with van der Waals surface area (Å²) in [4.78, 5) is 31.1. The van der Waals surface area contributed by atoms with Crippen molar-refractivity contribution in [3.05, 3.63) is 81.6 Å². The lowest BCUT2D eigenvalue weighted by atomic mass is 10.2. The zero-order valence-corrected chi connectivity index (χ0v) is 19.2. The second kappa shape index (κ2) is 9.68. The Morgan fingerprint density at radius 1 is 1.16 bits per heavy atom. The third-order valence-electron chi connectivity index (χ3n) is 4.74. The quantitative estimate of drug-likeness (QED) is 0.298. The fraction of sp³-hybridized carbons (Fsp3) is 0.174. The van der Waals surface area contributed by atoms with Gasteiger partial charge in [-0.2, -0.15) is 0 Å². The Morgan fingerprint density at radius 2 is 1.90 bits per heavy atom. The number of fused-ring (bicyclic) bond motifs is 1. The Labute approximate surface area is 193 Å². The van der Waals surface area contributed by atoms with E-state index in [9.17, 15) is 9.59 Å². The number of benzene rings is 2. The van der Waals surface area contributed by atoms with Crippen LogP contribution >= 0.6 is 34.7 Å². The van der Waals surface area contributed by atoms with Crippen LogP contribution in [0.1, 0.15) is 12.5 Å². The zero-order chi connectivity index (χ0) is 21.8. The Bertz CT molecular complexity index is 1290. The largest absolute Gasteiger partial charge is 0.351 e.